The summed E-state index contributed by atoms with van der Waals surface area (Å²) in [5, 5.41) is 0. The molecule has 3 nitrogen and oxygen atoms in total. The standard InChI is InChI=1S/C22H20N2O/c1-16-2-4-17(5-3-16)15-24-13-10-20-14-19(6-7-21(20)22(24)25)18-8-11-23-12-9-18/h2-9,11-12,14H,10,13,15H2,1H3. The number of fused-ring (bicyclic) bond motifs is 1. The normalized spacial score (nSPS) is 13.6. The first-order chi connectivity index (χ1) is 12.2. The first-order valence-electron chi connectivity index (χ1n) is 8.59. The van der Waals surface area contributed by atoms with Gasteiger partial charge in [-0.2, -0.15) is 0 Å². The number of pyridine rings is 1. The van der Waals surface area contributed by atoms with Crippen molar-refractivity contribution in [3.05, 3.63) is 89.2 Å². The van der Waals surface area contributed by atoms with Crippen LogP contribution in [0.4, 0.5) is 0 Å². The third-order valence-electron chi connectivity index (χ3n) is 4.78. The Balaban J connectivity index is 1.57. The summed E-state index contributed by atoms with van der Waals surface area (Å²) in [5.74, 6) is 0.128. The Bertz CT molecular complexity index is 901. The van der Waals surface area contributed by atoms with Crippen molar-refractivity contribution in [1.29, 1.82) is 0 Å². The van der Waals surface area contributed by atoms with Crippen LogP contribution in [0.3, 0.4) is 0 Å². The van der Waals surface area contributed by atoms with Crippen molar-refractivity contribution >= 4 is 5.91 Å². The minimum Gasteiger partial charge on any atom is -0.334 e. The predicted octanol–water partition coefficient (Wildman–Crippen LogP) is 4.26. The Hall–Kier alpha value is -2.94. The molecule has 0 fully saturated rings. The number of rotatable bonds is 3. The largest absolute Gasteiger partial charge is 0.334 e. The summed E-state index contributed by atoms with van der Waals surface area (Å²) in [5.41, 5.74) is 6.66. The summed E-state index contributed by atoms with van der Waals surface area (Å²) >= 11 is 0. The third-order valence-corrected chi connectivity index (χ3v) is 4.78. The molecule has 0 bridgehead atoms. The maximum atomic E-state index is 12.9. The number of amides is 1. The van der Waals surface area contributed by atoms with Crippen LogP contribution >= 0.6 is 0 Å². The second-order valence-corrected chi connectivity index (χ2v) is 6.57. The smallest absolute Gasteiger partial charge is 0.254 e. The van der Waals surface area contributed by atoms with E-state index in [2.05, 4.69) is 42.2 Å². The van der Waals surface area contributed by atoms with Crippen LogP contribution in [-0.2, 0) is 13.0 Å². The number of carbonyl (C=O) groups excluding carboxylic acids is 1. The van der Waals surface area contributed by atoms with Crippen LogP contribution in [0.2, 0.25) is 0 Å². The molecule has 1 aliphatic heterocycles. The fourth-order valence-corrected chi connectivity index (χ4v) is 3.33. The molecule has 0 saturated heterocycles. The van der Waals surface area contributed by atoms with E-state index in [1.807, 2.05) is 29.2 Å². The van der Waals surface area contributed by atoms with Gasteiger partial charge in [0.25, 0.3) is 5.91 Å². The zero-order valence-corrected chi connectivity index (χ0v) is 14.3. The molecule has 0 aliphatic carbocycles. The Morgan fingerprint density at radius 3 is 2.48 bits per heavy atom. The first kappa shape index (κ1) is 15.6. The van der Waals surface area contributed by atoms with Gasteiger partial charge in [-0.25, -0.2) is 0 Å². The highest BCUT2D eigenvalue weighted by Crippen LogP contribution is 2.26. The second kappa shape index (κ2) is 6.52. The van der Waals surface area contributed by atoms with Gasteiger partial charge in [0.05, 0.1) is 0 Å². The number of nitrogens with zero attached hydrogens (tertiary/aromatic N) is 2. The van der Waals surface area contributed by atoms with Gasteiger partial charge in [-0.05, 0) is 53.8 Å². The van der Waals surface area contributed by atoms with E-state index < -0.39 is 0 Å². The summed E-state index contributed by atoms with van der Waals surface area (Å²) in [6.45, 7) is 3.51. The van der Waals surface area contributed by atoms with Crippen molar-refractivity contribution in [3.63, 3.8) is 0 Å². The van der Waals surface area contributed by atoms with E-state index in [1.165, 1.54) is 11.1 Å². The number of aryl methyl sites for hydroxylation is 1. The number of hydrogen-bond acceptors (Lipinski definition) is 2. The zero-order valence-electron chi connectivity index (χ0n) is 14.3. The highest BCUT2D eigenvalue weighted by atomic mass is 16.2. The second-order valence-electron chi connectivity index (χ2n) is 6.57. The van der Waals surface area contributed by atoms with Gasteiger partial charge in [-0.1, -0.05) is 42.0 Å². The molecule has 25 heavy (non-hydrogen) atoms. The van der Waals surface area contributed by atoms with Crippen LogP contribution in [0.25, 0.3) is 11.1 Å². The van der Waals surface area contributed by atoms with E-state index >= 15 is 0 Å². The lowest BCUT2D eigenvalue weighted by molar-refractivity contribution is 0.0727. The number of benzene rings is 2. The molecule has 4 rings (SSSR count). The minimum absolute atomic E-state index is 0.128. The molecule has 2 aromatic carbocycles. The average molecular weight is 328 g/mol. The summed E-state index contributed by atoms with van der Waals surface area (Å²) in [7, 11) is 0. The molecule has 2 heterocycles. The van der Waals surface area contributed by atoms with Gasteiger partial charge in [-0.15, -0.1) is 0 Å². The Labute approximate surface area is 148 Å². The maximum Gasteiger partial charge on any atom is 0.254 e. The summed E-state index contributed by atoms with van der Waals surface area (Å²) < 4.78 is 0. The average Bonchev–Trinajstić information content (AvgIpc) is 2.66. The van der Waals surface area contributed by atoms with E-state index in [0.717, 1.165) is 35.2 Å². The fourth-order valence-electron chi connectivity index (χ4n) is 3.33. The zero-order chi connectivity index (χ0) is 17.2. The van der Waals surface area contributed by atoms with Gasteiger partial charge in [0, 0.05) is 31.0 Å². The Kier molecular flexibility index (Phi) is 4.06. The van der Waals surface area contributed by atoms with Crippen molar-refractivity contribution in [2.45, 2.75) is 19.9 Å². The van der Waals surface area contributed by atoms with Gasteiger partial charge < -0.3 is 4.90 Å². The molecule has 124 valence electrons. The van der Waals surface area contributed by atoms with Crippen molar-refractivity contribution in [2.75, 3.05) is 6.54 Å². The number of carbonyl (C=O) groups is 1. The number of aromatic nitrogens is 1. The lowest BCUT2D eigenvalue weighted by atomic mass is 9.94. The molecule has 3 heteroatoms. The third kappa shape index (κ3) is 3.18. The molecule has 0 atom stereocenters. The lowest BCUT2D eigenvalue weighted by Gasteiger charge is -2.29. The molecule has 1 aliphatic rings. The van der Waals surface area contributed by atoms with Gasteiger partial charge in [0.1, 0.15) is 0 Å². The van der Waals surface area contributed by atoms with Crippen LogP contribution in [-0.4, -0.2) is 22.3 Å². The van der Waals surface area contributed by atoms with Crippen LogP contribution in [0.1, 0.15) is 27.0 Å². The highest BCUT2D eigenvalue weighted by Gasteiger charge is 2.24. The molecule has 0 unspecified atom stereocenters. The van der Waals surface area contributed by atoms with Gasteiger partial charge >= 0.3 is 0 Å². The van der Waals surface area contributed by atoms with Gasteiger partial charge in [0.15, 0.2) is 0 Å². The quantitative estimate of drug-likeness (QED) is 0.720. The fraction of sp³-hybridized carbons (Fsp3) is 0.182. The van der Waals surface area contributed by atoms with Crippen molar-refractivity contribution in [2.24, 2.45) is 0 Å². The molecule has 0 N–H and O–H groups in total. The SMILES string of the molecule is Cc1ccc(CN2CCc3cc(-c4ccncc4)ccc3C2=O)cc1. The highest BCUT2D eigenvalue weighted by molar-refractivity contribution is 5.97. The number of hydrogen-bond donors (Lipinski definition) is 0. The Morgan fingerprint density at radius 1 is 0.960 bits per heavy atom. The van der Waals surface area contributed by atoms with Crippen molar-refractivity contribution in [3.8, 4) is 11.1 Å². The van der Waals surface area contributed by atoms with Crippen molar-refractivity contribution < 1.29 is 4.79 Å². The summed E-state index contributed by atoms with van der Waals surface area (Å²) in [6.07, 6.45) is 4.48. The van der Waals surface area contributed by atoms with E-state index in [9.17, 15) is 4.79 Å². The van der Waals surface area contributed by atoms with Crippen LogP contribution in [0.5, 0.6) is 0 Å². The Morgan fingerprint density at radius 2 is 1.72 bits per heavy atom. The maximum absolute atomic E-state index is 12.9. The minimum atomic E-state index is 0.128. The first-order valence-corrected chi connectivity index (χ1v) is 8.59. The molecule has 0 spiro atoms. The molecule has 1 amide bonds. The molecular formula is C22H20N2O. The summed E-state index contributed by atoms with van der Waals surface area (Å²) in [6, 6.07) is 18.5. The van der Waals surface area contributed by atoms with Crippen LogP contribution in [0.15, 0.2) is 67.0 Å². The van der Waals surface area contributed by atoms with E-state index in [1.54, 1.807) is 12.4 Å². The topological polar surface area (TPSA) is 33.2 Å². The molecular weight excluding hydrogens is 308 g/mol. The van der Waals surface area contributed by atoms with E-state index in [4.69, 9.17) is 0 Å². The van der Waals surface area contributed by atoms with Crippen molar-refractivity contribution in [1.82, 2.24) is 9.88 Å². The predicted molar refractivity (Wildman–Crippen MR) is 99.3 cm³/mol. The summed E-state index contributed by atoms with van der Waals surface area (Å²) in [4.78, 5) is 18.9. The molecule has 0 saturated carbocycles. The van der Waals surface area contributed by atoms with E-state index in [0.29, 0.717) is 6.54 Å². The lowest BCUT2D eigenvalue weighted by Crippen LogP contribution is -2.37. The van der Waals surface area contributed by atoms with Crippen LogP contribution in [0, 0.1) is 6.92 Å². The monoisotopic (exact) mass is 328 g/mol. The van der Waals surface area contributed by atoms with Crippen LogP contribution < -0.4 is 0 Å². The molecule has 3 aromatic rings. The van der Waals surface area contributed by atoms with Gasteiger partial charge in [-0.3, -0.25) is 9.78 Å². The molecule has 0 radical (unpaired) electrons. The van der Waals surface area contributed by atoms with Gasteiger partial charge in [0.2, 0.25) is 0 Å². The van der Waals surface area contributed by atoms with E-state index in [-0.39, 0.29) is 5.91 Å². The molecule has 1 aromatic heterocycles.